The molecular weight excluding hydrogens is 416 g/mol. The van der Waals surface area contributed by atoms with Crippen molar-refractivity contribution in [2.45, 2.75) is 29.1 Å². The number of sulfone groups is 2. The van der Waals surface area contributed by atoms with Gasteiger partial charge in [-0.05, 0) is 24.3 Å². The highest BCUT2D eigenvalue weighted by Gasteiger charge is 2.57. The molecule has 0 aromatic heterocycles. The summed E-state index contributed by atoms with van der Waals surface area (Å²) in [5.74, 6) is -0.547. The van der Waals surface area contributed by atoms with Crippen LogP contribution in [0.5, 0.6) is 5.75 Å². The number of sulfonamides is 1. The number of hydrogen-bond acceptors (Lipinski definition) is 8. The molecule has 12 heteroatoms. The molecule has 0 aliphatic carbocycles. The number of nitrogens with one attached hydrogen (secondary N) is 1. The Labute approximate surface area is 158 Å². The number of nitrogens with zero attached hydrogens (tertiary/aromatic N) is 1. The fraction of sp³-hybridized carbons (Fsp3) is 0.600. The molecule has 3 aliphatic rings. The average Bonchev–Trinajstić information content (AvgIpc) is 3.04. The van der Waals surface area contributed by atoms with Crippen molar-refractivity contribution < 1.29 is 30.0 Å². The molecule has 0 unspecified atom stereocenters. The van der Waals surface area contributed by atoms with Gasteiger partial charge in [-0.25, -0.2) is 25.3 Å². The minimum absolute atomic E-state index is 0.0173. The van der Waals surface area contributed by atoms with Crippen LogP contribution in [-0.4, -0.2) is 83.8 Å². The van der Waals surface area contributed by atoms with Crippen LogP contribution in [0.4, 0.5) is 0 Å². The maximum Gasteiger partial charge on any atom is 0.243 e. The van der Waals surface area contributed by atoms with Gasteiger partial charge in [0, 0.05) is 12.1 Å². The summed E-state index contributed by atoms with van der Waals surface area (Å²) < 4.78 is 81.5. The van der Waals surface area contributed by atoms with Crippen molar-refractivity contribution in [1.82, 2.24) is 9.62 Å². The molecule has 27 heavy (non-hydrogen) atoms. The normalized spacial score (nSPS) is 34.7. The Bertz CT molecular complexity index is 1020. The summed E-state index contributed by atoms with van der Waals surface area (Å²) in [6.07, 6.45) is 0. The Morgan fingerprint density at radius 3 is 1.85 bits per heavy atom. The van der Waals surface area contributed by atoms with Gasteiger partial charge < -0.3 is 10.1 Å². The minimum Gasteiger partial charge on any atom is -0.497 e. The molecule has 0 saturated carbocycles. The van der Waals surface area contributed by atoms with Gasteiger partial charge in [-0.3, -0.25) is 0 Å². The third-order valence-electron chi connectivity index (χ3n) is 5.36. The van der Waals surface area contributed by atoms with Crippen molar-refractivity contribution in [2.24, 2.45) is 0 Å². The molecule has 1 aromatic rings. The Morgan fingerprint density at radius 1 is 0.926 bits per heavy atom. The summed E-state index contributed by atoms with van der Waals surface area (Å²) in [7, 11) is -9.45. The lowest BCUT2D eigenvalue weighted by Gasteiger charge is -2.43. The predicted octanol–water partition coefficient (Wildman–Crippen LogP) is -1.38. The molecule has 0 amide bonds. The molecule has 3 saturated heterocycles. The van der Waals surface area contributed by atoms with E-state index < -0.39 is 53.9 Å². The van der Waals surface area contributed by atoms with E-state index in [9.17, 15) is 25.3 Å². The van der Waals surface area contributed by atoms with Crippen molar-refractivity contribution in [2.75, 3.05) is 30.1 Å². The largest absolute Gasteiger partial charge is 0.497 e. The first-order valence-electron chi connectivity index (χ1n) is 8.37. The number of fused-ring (bicyclic) bond motifs is 2. The maximum atomic E-state index is 13.4. The van der Waals surface area contributed by atoms with Gasteiger partial charge in [0.2, 0.25) is 10.0 Å². The molecule has 0 bridgehead atoms. The summed E-state index contributed by atoms with van der Waals surface area (Å²) in [5.41, 5.74) is 0. The van der Waals surface area contributed by atoms with E-state index in [4.69, 9.17) is 4.74 Å². The summed E-state index contributed by atoms with van der Waals surface area (Å²) in [4.78, 5) is -0.0173. The average molecular weight is 437 g/mol. The van der Waals surface area contributed by atoms with Crippen LogP contribution in [0.3, 0.4) is 0 Å². The summed E-state index contributed by atoms with van der Waals surface area (Å²) >= 11 is 0. The first-order chi connectivity index (χ1) is 12.5. The highest BCUT2D eigenvalue weighted by molar-refractivity contribution is 7.92. The lowest BCUT2D eigenvalue weighted by atomic mass is 10.0. The maximum absolute atomic E-state index is 13.4. The van der Waals surface area contributed by atoms with Crippen LogP contribution in [0.15, 0.2) is 29.2 Å². The van der Waals surface area contributed by atoms with Crippen LogP contribution in [0, 0.1) is 0 Å². The molecule has 4 atom stereocenters. The van der Waals surface area contributed by atoms with Crippen molar-refractivity contribution in [3.05, 3.63) is 24.3 Å². The van der Waals surface area contributed by atoms with Gasteiger partial charge in [0.15, 0.2) is 19.7 Å². The van der Waals surface area contributed by atoms with Crippen molar-refractivity contribution in [3.63, 3.8) is 0 Å². The highest BCUT2D eigenvalue weighted by Crippen LogP contribution is 2.36. The van der Waals surface area contributed by atoms with Gasteiger partial charge in [0.05, 0.1) is 47.1 Å². The van der Waals surface area contributed by atoms with E-state index in [1.54, 1.807) is 0 Å². The lowest BCUT2D eigenvalue weighted by Crippen LogP contribution is -2.67. The zero-order valence-corrected chi connectivity index (χ0v) is 16.9. The molecule has 0 radical (unpaired) electrons. The summed E-state index contributed by atoms with van der Waals surface area (Å²) in [6.45, 7) is 0. The molecule has 1 N–H and O–H groups in total. The van der Waals surface area contributed by atoms with Crippen LogP contribution in [-0.2, 0) is 29.7 Å². The lowest BCUT2D eigenvalue weighted by molar-refractivity contribution is 0.160. The van der Waals surface area contributed by atoms with Crippen LogP contribution in [0.1, 0.15) is 0 Å². The molecule has 3 aliphatic heterocycles. The Morgan fingerprint density at radius 2 is 1.41 bits per heavy atom. The molecule has 4 rings (SSSR count). The van der Waals surface area contributed by atoms with Gasteiger partial charge in [-0.15, -0.1) is 0 Å². The number of rotatable bonds is 3. The van der Waals surface area contributed by atoms with Gasteiger partial charge in [-0.1, -0.05) is 0 Å². The number of benzene rings is 1. The molecule has 0 spiro atoms. The Kier molecular flexibility index (Phi) is 4.35. The molecule has 3 heterocycles. The first kappa shape index (κ1) is 19.1. The Hall–Kier alpha value is -1.21. The number of hydrogen-bond donors (Lipinski definition) is 1. The molecule has 9 nitrogen and oxygen atoms in total. The van der Waals surface area contributed by atoms with Gasteiger partial charge in [0.1, 0.15) is 5.75 Å². The number of methoxy groups -OCH3 is 1. The Balaban J connectivity index is 1.80. The van der Waals surface area contributed by atoms with E-state index in [2.05, 4.69) is 5.32 Å². The van der Waals surface area contributed by atoms with E-state index in [1.165, 1.54) is 31.4 Å². The third kappa shape index (κ3) is 3.27. The standard InChI is InChI=1S/C15H20N2O7S3/c1-24-10-2-4-11(5-3-10)27(22,23)17-14-8-25(18,19)6-12(14)16-13-7-26(20,21)9-15(13)17/h2-5,12-16H,6-9H2,1H3/t12-,13-,14-,15+/m0/s1. The van der Waals surface area contributed by atoms with E-state index in [0.29, 0.717) is 5.75 Å². The smallest absolute Gasteiger partial charge is 0.243 e. The fourth-order valence-corrected chi connectivity index (χ4v) is 10.1. The van der Waals surface area contributed by atoms with Gasteiger partial charge in [0.25, 0.3) is 0 Å². The van der Waals surface area contributed by atoms with Crippen LogP contribution >= 0.6 is 0 Å². The van der Waals surface area contributed by atoms with E-state index in [0.717, 1.165) is 4.31 Å². The second kappa shape index (κ2) is 6.14. The fourth-order valence-electron chi connectivity index (χ4n) is 4.22. The molecule has 3 fully saturated rings. The highest BCUT2D eigenvalue weighted by atomic mass is 32.2. The summed E-state index contributed by atoms with van der Waals surface area (Å²) in [6, 6.07) is 2.89. The monoisotopic (exact) mass is 436 g/mol. The molecular formula is C15H20N2O7S3. The van der Waals surface area contributed by atoms with Crippen molar-refractivity contribution in [3.8, 4) is 5.75 Å². The van der Waals surface area contributed by atoms with E-state index in [-0.39, 0.29) is 27.9 Å². The zero-order valence-electron chi connectivity index (χ0n) is 14.5. The van der Waals surface area contributed by atoms with Gasteiger partial charge >= 0.3 is 0 Å². The third-order valence-corrected chi connectivity index (χ3v) is 10.8. The first-order valence-corrected chi connectivity index (χ1v) is 13.5. The van der Waals surface area contributed by atoms with Crippen LogP contribution < -0.4 is 10.1 Å². The second-order valence-electron chi connectivity index (χ2n) is 7.18. The van der Waals surface area contributed by atoms with E-state index >= 15 is 0 Å². The van der Waals surface area contributed by atoms with Crippen LogP contribution in [0.2, 0.25) is 0 Å². The van der Waals surface area contributed by atoms with Crippen molar-refractivity contribution >= 4 is 29.7 Å². The van der Waals surface area contributed by atoms with Gasteiger partial charge in [-0.2, -0.15) is 4.31 Å². The van der Waals surface area contributed by atoms with Crippen molar-refractivity contribution in [1.29, 1.82) is 0 Å². The van der Waals surface area contributed by atoms with E-state index in [1.807, 2.05) is 0 Å². The topological polar surface area (TPSA) is 127 Å². The summed E-state index contributed by atoms with van der Waals surface area (Å²) in [5, 5.41) is 3.08. The molecule has 150 valence electrons. The zero-order chi connectivity index (χ0) is 19.6. The SMILES string of the molecule is COc1ccc(S(=O)(=O)N2[C@@H]3CS(=O)(=O)C[C@@H]3N[C@H]3CS(=O)(=O)C[C@@H]32)cc1. The van der Waals surface area contributed by atoms with Crippen LogP contribution in [0.25, 0.3) is 0 Å². The minimum atomic E-state index is -4.09. The quantitative estimate of drug-likeness (QED) is 0.614. The number of ether oxygens (including phenoxy) is 1. The second-order valence-corrected chi connectivity index (χ2v) is 13.3. The predicted molar refractivity (Wildman–Crippen MR) is 97.6 cm³/mol. The number of piperazine rings is 1. The molecule has 1 aromatic carbocycles.